The Hall–Kier alpha value is -2.04. The second-order valence-electron chi connectivity index (χ2n) is 3.45. The Labute approximate surface area is 97.1 Å². The van der Waals surface area contributed by atoms with Gasteiger partial charge in [-0.3, -0.25) is 9.59 Å². The molecular formula is C12H11F2NO2. The van der Waals surface area contributed by atoms with Crippen LogP contribution in [0.4, 0.5) is 8.78 Å². The molecule has 0 atom stereocenters. The molecule has 0 aliphatic carbocycles. The van der Waals surface area contributed by atoms with Gasteiger partial charge in [0, 0.05) is 18.2 Å². The van der Waals surface area contributed by atoms with Crippen molar-refractivity contribution >= 4 is 11.7 Å². The number of carbonyl (C=O) groups is 2. The molecule has 1 N–H and O–H groups in total. The summed E-state index contributed by atoms with van der Waals surface area (Å²) in [5.41, 5.74) is -0.0661. The van der Waals surface area contributed by atoms with Crippen LogP contribution < -0.4 is 5.32 Å². The molecular weight excluding hydrogens is 228 g/mol. The number of hydrogen-bond donors (Lipinski definition) is 1. The first-order valence-electron chi connectivity index (χ1n) is 4.83. The summed E-state index contributed by atoms with van der Waals surface area (Å²) in [5, 5.41) is 2.32. The summed E-state index contributed by atoms with van der Waals surface area (Å²) >= 11 is 0. The molecule has 1 amide bonds. The number of nitrogens with one attached hydrogen (secondary N) is 1. The van der Waals surface area contributed by atoms with E-state index in [1.54, 1.807) is 0 Å². The fourth-order valence-corrected chi connectivity index (χ4v) is 1.11. The Bertz CT molecular complexity index is 483. The smallest absolute Gasteiger partial charge is 0.254 e. The van der Waals surface area contributed by atoms with Gasteiger partial charge in [0.25, 0.3) is 5.91 Å². The Kier molecular flexibility index (Phi) is 4.09. The molecule has 5 heteroatoms. The number of amides is 1. The maximum Gasteiger partial charge on any atom is 0.254 e. The van der Waals surface area contributed by atoms with Gasteiger partial charge in [0.15, 0.2) is 5.78 Å². The van der Waals surface area contributed by atoms with E-state index in [4.69, 9.17) is 0 Å². The highest BCUT2D eigenvalue weighted by Crippen LogP contribution is 2.09. The number of rotatable bonds is 4. The first-order chi connectivity index (χ1) is 7.91. The van der Waals surface area contributed by atoms with E-state index in [-0.39, 0.29) is 17.7 Å². The molecule has 0 saturated carbocycles. The SMILES string of the molecule is C=C(C(C)=O)C(=O)NCc1ccc(F)cc1F. The lowest BCUT2D eigenvalue weighted by Crippen LogP contribution is -2.27. The van der Waals surface area contributed by atoms with Crippen molar-refractivity contribution < 1.29 is 18.4 Å². The standard InChI is InChI=1S/C12H11F2NO2/c1-7(8(2)16)12(17)15-6-9-3-4-10(13)5-11(9)14/h3-5H,1,6H2,2H3,(H,15,17). The number of Topliss-reactive ketones (excluding diaryl/α,β-unsaturated/α-hetero) is 1. The molecule has 3 nitrogen and oxygen atoms in total. The van der Waals surface area contributed by atoms with E-state index in [2.05, 4.69) is 11.9 Å². The minimum absolute atomic E-state index is 0.128. The highest BCUT2D eigenvalue weighted by atomic mass is 19.1. The van der Waals surface area contributed by atoms with Gasteiger partial charge in [-0.2, -0.15) is 0 Å². The van der Waals surface area contributed by atoms with Gasteiger partial charge in [-0.15, -0.1) is 0 Å². The molecule has 0 bridgehead atoms. The van der Waals surface area contributed by atoms with E-state index in [1.165, 1.54) is 13.0 Å². The van der Waals surface area contributed by atoms with Gasteiger partial charge < -0.3 is 5.32 Å². The largest absolute Gasteiger partial charge is 0.348 e. The second kappa shape index (κ2) is 5.34. The van der Waals surface area contributed by atoms with Crippen LogP contribution in [0.25, 0.3) is 0 Å². The molecule has 0 aliphatic heterocycles. The van der Waals surface area contributed by atoms with Crippen LogP contribution in [0, 0.1) is 11.6 Å². The maximum atomic E-state index is 13.2. The average molecular weight is 239 g/mol. The lowest BCUT2D eigenvalue weighted by molar-refractivity contribution is -0.121. The molecule has 0 radical (unpaired) electrons. The summed E-state index contributed by atoms with van der Waals surface area (Å²) in [4.78, 5) is 22.1. The van der Waals surface area contributed by atoms with Gasteiger partial charge in [0.1, 0.15) is 11.6 Å². The van der Waals surface area contributed by atoms with E-state index < -0.39 is 23.3 Å². The normalized spacial score (nSPS) is 9.82. The number of ketones is 1. The number of benzene rings is 1. The number of hydrogen-bond acceptors (Lipinski definition) is 2. The first kappa shape index (κ1) is 13.0. The summed E-state index contributed by atoms with van der Waals surface area (Å²) in [6.45, 7) is 4.37. The van der Waals surface area contributed by atoms with Crippen LogP contribution in [0.5, 0.6) is 0 Å². The molecule has 0 aliphatic rings. The topological polar surface area (TPSA) is 46.2 Å². The monoisotopic (exact) mass is 239 g/mol. The van der Waals surface area contributed by atoms with Crippen LogP contribution in [0.3, 0.4) is 0 Å². The van der Waals surface area contributed by atoms with E-state index in [1.807, 2.05) is 0 Å². The maximum absolute atomic E-state index is 13.2. The minimum Gasteiger partial charge on any atom is -0.348 e. The highest BCUT2D eigenvalue weighted by Gasteiger charge is 2.12. The van der Waals surface area contributed by atoms with Crippen LogP contribution in [-0.4, -0.2) is 11.7 Å². The van der Waals surface area contributed by atoms with Gasteiger partial charge in [0.05, 0.1) is 5.57 Å². The lowest BCUT2D eigenvalue weighted by Gasteiger charge is -2.06. The van der Waals surface area contributed by atoms with Gasteiger partial charge in [-0.1, -0.05) is 12.6 Å². The molecule has 0 saturated heterocycles. The van der Waals surface area contributed by atoms with E-state index in [0.29, 0.717) is 0 Å². The third-order valence-electron chi connectivity index (χ3n) is 2.15. The van der Waals surface area contributed by atoms with E-state index >= 15 is 0 Å². The first-order valence-corrected chi connectivity index (χ1v) is 4.83. The zero-order valence-electron chi connectivity index (χ0n) is 9.22. The molecule has 90 valence electrons. The Morgan fingerprint density at radius 1 is 1.35 bits per heavy atom. The van der Waals surface area contributed by atoms with Crippen LogP contribution in [0.15, 0.2) is 30.4 Å². The summed E-state index contributed by atoms with van der Waals surface area (Å²) in [6.07, 6.45) is 0. The fourth-order valence-electron chi connectivity index (χ4n) is 1.11. The summed E-state index contributed by atoms with van der Waals surface area (Å²) < 4.78 is 25.8. The molecule has 0 fully saturated rings. The summed E-state index contributed by atoms with van der Waals surface area (Å²) in [6, 6.07) is 3.03. The van der Waals surface area contributed by atoms with Crippen molar-refractivity contribution in [3.8, 4) is 0 Å². The zero-order valence-corrected chi connectivity index (χ0v) is 9.22. The second-order valence-corrected chi connectivity index (χ2v) is 3.45. The van der Waals surface area contributed by atoms with Gasteiger partial charge in [-0.25, -0.2) is 8.78 Å². The molecule has 0 unspecified atom stereocenters. The van der Waals surface area contributed by atoms with Crippen LogP contribution >= 0.6 is 0 Å². The van der Waals surface area contributed by atoms with Crippen molar-refractivity contribution in [2.45, 2.75) is 13.5 Å². The predicted molar refractivity (Wildman–Crippen MR) is 58.0 cm³/mol. The van der Waals surface area contributed by atoms with E-state index in [9.17, 15) is 18.4 Å². The van der Waals surface area contributed by atoms with Crippen molar-refractivity contribution in [1.29, 1.82) is 0 Å². The lowest BCUT2D eigenvalue weighted by atomic mass is 10.1. The molecule has 0 aromatic heterocycles. The minimum atomic E-state index is -0.751. The molecule has 1 aromatic rings. The van der Waals surface area contributed by atoms with Crippen molar-refractivity contribution in [2.24, 2.45) is 0 Å². The molecule has 1 aromatic carbocycles. The third-order valence-corrected chi connectivity index (χ3v) is 2.15. The highest BCUT2D eigenvalue weighted by molar-refractivity contribution is 6.17. The van der Waals surface area contributed by atoms with E-state index in [0.717, 1.165) is 12.1 Å². The van der Waals surface area contributed by atoms with Crippen molar-refractivity contribution in [1.82, 2.24) is 5.32 Å². The summed E-state index contributed by atoms with van der Waals surface area (Å²) in [7, 11) is 0. The number of carbonyl (C=O) groups excluding carboxylic acids is 2. The summed E-state index contributed by atoms with van der Waals surface area (Å²) in [5.74, 6) is -2.56. The van der Waals surface area contributed by atoms with Crippen molar-refractivity contribution in [2.75, 3.05) is 0 Å². The van der Waals surface area contributed by atoms with Crippen LogP contribution in [-0.2, 0) is 16.1 Å². The molecule has 1 rings (SSSR count). The third kappa shape index (κ3) is 3.48. The van der Waals surface area contributed by atoms with Gasteiger partial charge in [0.2, 0.25) is 0 Å². The Morgan fingerprint density at radius 2 is 2.00 bits per heavy atom. The molecule has 0 spiro atoms. The van der Waals surface area contributed by atoms with Gasteiger partial charge >= 0.3 is 0 Å². The number of halogens is 2. The average Bonchev–Trinajstić information content (AvgIpc) is 2.26. The Balaban J connectivity index is 2.65. The van der Waals surface area contributed by atoms with Gasteiger partial charge in [-0.05, 0) is 13.0 Å². The fraction of sp³-hybridized carbons (Fsp3) is 0.167. The van der Waals surface area contributed by atoms with Crippen molar-refractivity contribution in [3.63, 3.8) is 0 Å². The molecule has 0 heterocycles. The van der Waals surface area contributed by atoms with Crippen molar-refractivity contribution in [3.05, 3.63) is 47.5 Å². The van der Waals surface area contributed by atoms with Crippen LogP contribution in [0.1, 0.15) is 12.5 Å². The Morgan fingerprint density at radius 3 is 2.53 bits per heavy atom. The quantitative estimate of drug-likeness (QED) is 0.494. The zero-order chi connectivity index (χ0) is 13.0. The predicted octanol–water partition coefficient (Wildman–Crippen LogP) is 1.73. The molecule has 17 heavy (non-hydrogen) atoms. The van der Waals surface area contributed by atoms with Crippen LogP contribution in [0.2, 0.25) is 0 Å².